The molecule has 1 aromatic rings. The van der Waals surface area contributed by atoms with Crippen LogP contribution in [0.1, 0.15) is 62.4 Å². The Balaban J connectivity index is 1.40. The number of morpholine rings is 1. The minimum absolute atomic E-state index is 0.0431. The number of aryl methyl sites for hydroxylation is 1. The van der Waals surface area contributed by atoms with Gasteiger partial charge < -0.3 is 15.0 Å². The number of urea groups is 1. The van der Waals surface area contributed by atoms with Crippen LogP contribution >= 0.6 is 0 Å². The Morgan fingerprint density at radius 2 is 2.04 bits per heavy atom. The van der Waals surface area contributed by atoms with Crippen molar-refractivity contribution in [1.82, 2.24) is 14.9 Å². The number of anilines is 1. The second-order valence-electron chi connectivity index (χ2n) is 7.67. The molecule has 1 aliphatic heterocycles. The lowest BCUT2D eigenvalue weighted by Gasteiger charge is -2.38. The van der Waals surface area contributed by atoms with Gasteiger partial charge in [-0.3, -0.25) is 0 Å². The van der Waals surface area contributed by atoms with Gasteiger partial charge in [-0.1, -0.05) is 19.3 Å². The molecule has 6 nitrogen and oxygen atoms in total. The first-order valence-corrected chi connectivity index (χ1v) is 9.72. The van der Waals surface area contributed by atoms with Crippen LogP contribution in [0.3, 0.4) is 0 Å². The fraction of sp³-hybridized carbons (Fsp3) is 0.737. The minimum Gasteiger partial charge on any atom is -0.374 e. The number of rotatable bonds is 3. The van der Waals surface area contributed by atoms with Gasteiger partial charge in [0.05, 0.1) is 30.3 Å². The van der Waals surface area contributed by atoms with E-state index in [2.05, 4.69) is 15.3 Å². The zero-order valence-electron chi connectivity index (χ0n) is 15.0. The maximum atomic E-state index is 12.8. The summed E-state index contributed by atoms with van der Waals surface area (Å²) in [5.41, 5.74) is 1.77. The Morgan fingerprint density at radius 1 is 1.24 bits per heavy atom. The molecule has 0 spiro atoms. The van der Waals surface area contributed by atoms with Gasteiger partial charge in [0.2, 0.25) is 0 Å². The van der Waals surface area contributed by atoms with E-state index in [0.29, 0.717) is 31.5 Å². The lowest BCUT2D eigenvalue weighted by Crippen LogP contribution is -2.50. The number of amides is 2. The van der Waals surface area contributed by atoms with Crippen LogP contribution in [0.15, 0.2) is 6.20 Å². The molecule has 0 unspecified atom stereocenters. The van der Waals surface area contributed by atoms with Crippen molar-refractivity contribution in [3.05, 3.63) is 17.7 Å². The Morgan fingerprint density at radius 3 is 2.80 bits per heavy atom. The standard InChI is InChI=1S/C19H28N4O2/c1-13-20-11-16(18(21-13)15-7-8-15)22-19(24)23-9-10-25-17(12-23)14-5-3-2-4-6-14/h11,14-15,17H,2-10,12H2,1H3,(H,22,24)/t17-/m1/s1. The van der Waals surface area contributed by atoms with Crippen molar-refractivity contribution >= 4 is 11.7 Å². The average Bonchev–Trinajstić information content (AvgIpc) is 3.49. The Kier molecular flexibility index (Phi) is 4.88. The normalized spacial score (nSPS) is 25.0. The summed E-state index contributed by atoms with van der Waals surface area (Å²) < 4.78 is 5.99. The van der Waals surface area contributed by atoms with Crippen LogP contribution in [-0.2, 0) is 4.74 Å². The van der Waals surface area contributed by atoms with Gasteiger partial charge >= 0.3 is 6.03 Å². The number of nitrogens with zero attached hydrogens (tertiary/aromatic N) is 3. The van der Waals surface area contributed by atoms with E-state index in [0.717, 1.165) is 30.0 Å². The summed E-state index contributed by atoms with van der Waals surface area (Å²) in [7, 11) is 0. The first-order chi connectivity index (χ1) is 12.2. The largest absolute Gasteiger partial charge is 0.374 e. The van der Waals surface area contributed by atoms with Crippen molar-refractivity contribution in [2.45, 2.75) is 63.9 Å². The van der Waals surface area contributed by atoms with Gasteiger partial charge in [0.1, 0.15) is 5.82 Å². The molecule has 25 heavy (non-hydrogen) atoms. The number of carbonyl (C=O) groups is 1. The van der Waals surface area contributed by atoms with E-state index in [1.54, 1.807) is 6.20 Å². The van der Waals surface area contributed by atoms with Gasteiger partial charge in [0.15, 0.2) is 0 Å². The molecule has 0 bridgehead atoms. The van der Waals surface area contributed by atoms with Crippen LogP contribution in [0.2, 0.25) is 0 Å². The second kappa shape index (κ2) is 7.28. The van der Waals surface area contributed by atoms with E-state index in [1.165, 1.54) is 32.1 Å². The third-order valence-electron chi connectivity index (χ3n) is 5.70. The number of hydrogen-bond donors (Lipinski definition) is 1. The first-order valence-electron chi connectivity index (χ1n) is 9.72. The van der Waals surface area contributed by atoms with Crippen LogP contribution < -0.4 is 5.32 Å². The predicted molar refractivity (Wildman–Crippen MR) is 95.7 cm³/mol. The molecule has 6 heteroatoms. The molecule has 4 rings (SSSR count). The van der Waals surface area contributed by atoms with Crippen LogP contribution in [0.4, 0.5) is 10.5 Å². The van der Waals surface area contributed by atoms with Crippen molar-refractivity contribution in [3.8, 4) is 0 Å². The zero-order chi connectivity index (χ0) is 17.2. The Hall–Kier alpha value is -1.69. The molecule has 3 aliphatic rings. The quantitative estimate of drug-likeness (QED) is 0.911. The molecular formula is C19H28N4O2. The minimum atomic E-state index is -0.0431. The molecule has 2 heterocycles. The van der Waals surface area contributed by atoms with Gasteiger partial charge in [-0.05, 0) is 38.5 Å². The predicted octanol–water partition coefficient (Wildman–Crippen LogP) is 3.48. The molecule has 136 valence electrons. The van der Waals surface area contributed by atoms with Gasteiger partial charge in [-0.2, -0.15) is 0 Å². The van der Waals surface area contributed by atoms with Crippen LogP contribution in [-0.4, -0.2) is 46.7 Å². The molecule has 1 N–H and O–H groups in total. The molecule has 2 saturated carbocycles. The molecule has 3 fully saturated rings. The molecule has 1 atom stereocenters. The van der Waals surface area contributed by atoms with E-state index < -0.39 is 0 Å². The van der Waals surface area contributed by atoms with E-state index in [9.17, 15) is 4.79 Å². The smallest absolute Gasteiger partial charge is 0.322 e. The van der Waals surface area contributed by atoms with Gasteiger partial charge in [-0.15, -0.1) is 0 Å². The van der Waals surface area contributed by atoms with Crippen LogP contribution in [0, 0.1) is 12.8 Å². The first kappa shape index (κ1) is 16.8. The van der Waals surface area contributed by atoms with E-state index in [-0.39, 0.29) is 12.1 Å². The number of aromatic nitrogens is 2. The molecule has 2 amide bonds. The highest BCUT2D eigenvalue weighted by Gasteiger charge is 2.32. The van der Waals surface area contributed by atoms with Crippen molar-refractivity contribution in [2.75, 3.05) is 25.0 Å². The van der Waals surface area contributed by atoms with Gasteiger partial charge in [0, 0.05) is 19.0 Å². The third kappa shape index (κ3) is 3.94. The molecule has 1 aromatic heterocycles. The van der Waals surface area contributed by atoms with Crippen LogP contribution in [0.25, 0.3) is 0 Å². The number of carbonyl (C=O) groups excluding carboxylic acids is 1. The van der Waals surface area contributed by atoms with E-state index in [1.807, 2.05) is 11.8 Å². The summed E-state index contributed by atoms with van der Waals surface area (Å²) in [6.45, 7) is 3.88. The Bertz CT molecular complexity index is 626. The number of ether oxygens (including phenoxy) is 1. The third-order valence-corrected chi connectivity index (χ3v) is 5.70. The monoisotopic (exact) mass is 344 g/mol. The summed E-state index contributed by atoms with van der Waals surface area (Å²) >= 11 is 0. The fourth-order valence-corrected chi connectivity index (χ4v) is 4.10. The molecule has 2 aliphatic carbocycles. The average molecular weight is 344 g/mol. The van der Waals surface area contributed by atoms with Crippen molar-refractivity contribution < 1.29 is 9.53 Å². The van der Waals surface area contributed by atoms with Gasteiger partial charge in [-0.25, -0.2) is 14.8 Å². The fourth-order valence-electron chi connectivity index (χ4n) is 4.10. The topological polar surface area (TPSA) is 67.4 Å². The maximum Gasteiger partial charge on any atom is 0.322 e. The summed E-state index contributed by atoms with van der Waals surface area (Å²) in [6, 6.07) is -0.0431. The summed E-state index contributed by atoms with van der Waals surface area (Å²) in [5.74, 6) is 1.86. The van der Waals surface area contributed by atoms with E-state index in [4.69, 9.17) is 4.74 Å². The Labute approximate surface area is 149 Å². The molecule has 0 aromatic carbocycles. The van der Waals surface area contributed by atoms with E-state index >= 15 is 0 Å². The summed E-state index contributed by atoms with van der Waals surface area (Å²) in [4.78, 5) is 23.5. The van der Waals surface area contributed by atoms with Crippen molar-refractivity contribution in [1.29, 1.82) is 0 Å². The van der Waals surface area contributed by atoms with Gasteiger partial charge in [0.25, 0.3) is 0 Å². The zero-order valence-corrected chi connectivity index (χ0v) is 15.0. The molecule has 0 radical (unpaired) electrons. The highest BCUT2D eigenvalue weighted by Crippen LogP contribution is 2.42. The van der Waals surface area contributed by atoms with Crippen molar-refractivity contribution in [2.24, 2.45) is 5.92 Å². The lowest BCUT2D eigenvalue weighted by molar-refractivity contribution is -0.0511. The number of nitrogens with one attached hydrogen (secondary N) is 1. The lowest BCUT2D eigenvalue weighted by atomic mass is 9.84. The summed E-state index contributed by atoms with van der Waals surface area (Å²) in [5, 5.41) is 3.06. The summed E-state index contributed by atoms with van der Waals surface area (Å²) in [6.07, 6.45) is 10.6. The van der Waals surface area contributed by atoms with Crippen molar-refractivity contribution in [3.63, 3.8) is 0 Å². The molecule has 1 saturated heterocycles. The number of hydrogen-bond acceptors (Lipinski definition) is 4. The maximum absolute atomic E-state index is 12.8. The second-order valence-corrected chi connectivity index (χ2v) is 7.67. The molecular weight excluding hydrogens is 316 g/mol. The SMILES string of the molecule is Cc1ncc(NC(=O)N2CCO[C@@H](C3CCCCC3)C2)c(C2CC2)n1. The highest BCUT2D eigenvalue weighted by molar-refractivity contribution is 5.90. The van der Waals surface area contributed by atoms with Crippen LogP contribution in [0.5, 0.6) is 0 Å². The highest BCUT2D eigenvalue weighted by atomic mass is 16.5.